The standard InChI is InChI=1S/C28H25N7O4/c1-15(35-27-23(26(29)31-14-32-27)24(33-35)18-11-19(37)13-30-12-18)25-22(17-7-9-34(10-8-17)16(2)36)20-5-3-4-6-21(20)28(38)39-25/h3-7,11-15,37H,8-10H2,1-2H3,(H2,29,31,32). The molecule has 1 atom stereocenters. The first-order valence-corrected chi connectivity index (χ1v) is 12.5. The zero-order valence-corrected chi connectivity index (χ0v) is 21.3. The molecule has 39 heavy (non-hydrogen) atoms. The number of carbonyl (C=O) groups excluding carboxylic acids is 1. The van der Waals surface area contributed by atoms with Gasteiger partial charge in [-0.25, -0.2) is 19.4 Å². The second-order valence-electron chi connectivity index (χ2n) is 9.48. The molecule has 0 aliphatic carbocycles. The highest BCUT2D eigenvalue weighted by Gasteiger charge is 2.28. The van der Waals surface area contributed by atoms with Crippen molar-refractivity contribution in [2.24, 2.45) is 0 Å². The van der Waals surface area contributed by atoms with Crippen LogP contribution in [0.15, 0.2) is 64.3 Å². The molecule has 1 unspecified atom stereocenters. The van der Waals surface area contributed by atoms with Crippen LogP contribution in [0, 0.1) is 0 Å². The van der Waals surface area contributed by atoms with Crippen LogP contribution in [0.2, 0.25) is 0 Å². The summed E-state index contributed by atoms with van der Waals surface area (Å²) in [5, 5.41) is 16.6. The molecule has 0 radical (unpaired) electrons. The van der Waals surface area contributed by atoms with Crippen molar-refractivity contribution in [3.63, 3.8) is 0 Å². The molecule has 0 spiro atoms. The molecule has 1 aliphatic heterocycles. The van der Waals surface area contributed by atoms with E-state index in [0.29, 0.717) is 52.9 Å². The van der Waals surface area contributed by atoms with Crippen molar-refractivity contribution >= 4 is 39.1 Å². The predicted octanol–water partition coefficient (Wildman–Crippen LogP) is 3.53. The highest BCUT2D eigenvalue weighted by molar-refractivity contribution is 5.98. The molecule has 3 N–H and O–H groups in total. The fraction of sp³-hybridized carbons (Fsp3) is 0.214. The number of pyridine rings is 1. The lowest BCUT2D eigenvalue weighted by atomic mass is 9.92. The molecular formula is C28H25N7O4. The molecule has 11 heteroatoms. The number of carbonyl (C=O) groups is 1. The highest BCUT2D eigenvalue weighted by Crippen LogP contribution is 2.38. The average molecular weight is 524 g/mol. The number of hydrogen-bond donors (Lipinski definition) is 2. The van der Waals surface area contributed by atoms with E-state index in [1.54, 1.807) is 34.8 Å². The summed E-state index contributed by atoms with van der Waals surface area (Å²) in [6, 6.07) is 8.28. The average Bonchev–Trinajstić information content (AvgIpc) is 3.34. The summed E-state index contributed by atoms with van der Waals surface area (Å²) in [5.41, 5.74) is 9.01. The molecule has 4 aromatic heterocycles. The summed E-state index contributed by atoms with van der Waals surface area (Å²) in [5.74, 6) is 0.627. The fourth-order valence-corrected chi connectivity index (χ4v) is 5.16. The van der Waals surface area contributed by atoms with Crippen LogP contribution in [0.3, 0.4) is 0 Å². The first-order chi connectivity index (χ1) is 18.8. The SMILES string of the molecule is CC(=O)N1CC=C(c2c(C(C)n3nc(-c4cncc(O)c4)c4c(N)ncnc43)oc(=O)c3ccccc23)CC1. The second-order valence-corrected chi connectivity index (χ2v) is 9.48. The Morgan fingerprint density at radius 1 is 1.18 bits per heavy atom. The van der Waals surface area contributed by atoms with Gasteiger partial charge in [0, 0.05) is 37.3 Å². The number of fused-ring (bicyclic) bond motifs is 2. The van der Waals surface area contributed by atoms with Gasteiger partial charge in [0.25, 0.3) is 0 Å². The Kier molecular flexibility index (Phi) is 5.82. The molecule has 1 aromatic carbocycles. The molecule has 1 aliphatic rings. The van der Waals surface area contributed by atoms with Crippen molar-refractivity contribution in [3.05, 3.63) is 76.9 Å². The molecule has 0 fully saturated rings. The number of anilines is 1. The van der Waals surface area contributed by atoms with Crippen molar-refractivity contribution in [1.29, 1.82) is 0 Å². The van der Waals surface area contributed by atoms with Crippen LogP contribution in [0.1, 0.15) is 37.6 Å². The van der Waals surface area contributed by atoms with Crippen LogP contribution in [-0.2, 0) is 4.79 Å². The Morgan fingerprint density at radius 2 is 1.97 bits per heavy atom. The van der Waals surface area contributed by atoms with Crippen molar-refractivity contribution in [3.8, 4) is 17.0 Å². The Morgan fingerprint density at radius 3 is 2.69 bits per heavy atom. The van der Waals surface area contributed by atoms with Gasteiger partial charge in [-0.2, -0.15) is 5.10 Å². The number of nitrogens with two attached hydrogens (primary N) is 1. The second kappa shape index (κ2) is 9.35. The number of rotatable bonds is 4. The number of amides is 1. The summed E-state index contributed by atoms with van der Waals surface area (Å²) in [6.45, 7) is 4.46. The van der Waals surface area contributed by atoms with Crippen molar-refractivity contribution in [2.45, 2.75) is 26.3 Å². The Bertz CT molecular complexity index is 1860. The van der Waals surface area contributed by atoms with E-state index in [4.69, 9.17) is 15.2 Å². The van der Waals surface area contributed by atoms with Crippen LogP contribution in [-0.4, -0.2) is 53.7 Å². The first kappa shape index (κ1) is 24.3. The lowest BCUT2D eigenvalue weighted by Crippen LogP contribution is -2.32. The highest BCUT2D eigenvalue weighted by atomic mass is 16.4. The van der Waals surface area contributed by atoms with Gasteiger partial charge in [-0.1, -0.05) is 24.3 Å². The quantitative estimate of drug-likeness (QED) is 0.360. The van der Waals surface area contributed by atoms with Crippen LogP contribution < -0.4 is 11.4 Å². The third-order valence-corrected chi connectivity index (χ3v) is 7.10. The Hall–Kier alpha value is -5.06. The zero-order valence-electron chi connectivity index (χ0n) is 21.3. The molecule has 11 nitrogen and oxygen atoms in total. The molecule has 5 aromatic rings. The van der Waals surface area contributed by atoms with Gasteiger partial charge in [-0.3, -0.25) is 9.78 Å². The van der Waals surface area contributed by atoms with E-state index in [0.717, 1.165) is 16.5 Å². The van der Waals surface area contributed by atoms with Gasteiger partial charge in [0.05, 0.1) is 17.0 Å². The number of nitrogens with zero attached hydrogens (tertiary/aromatic N) is 6. The summed E-state index contributed by atoms with van der Waals surface area (Å²) < 4.78 is 7.66. The molecule has 196 valence electrons. The molecule has 0 saturated heterocycles. The molecule has 0 saturated carbocycles. The monoisotopic (exact) mass is 523 g/mol. The van der Waals surface area contributed by atoms with Gasteiger partial charge in [-0.05, 0) is 36.4 Å². The zero-order chi connectivity index (χ0) is 27.3. The minimum Gasteiger partial charge on any atom is -0.506 e. The topological polar surface area (TPSA) is 153 Å². The molecule has 6 rings (SSSR count). The van der Waals surface area contributed by atoms with Crippen LogP contribution in [0.4, 0.5) is 5.82 Å². The van der Waals surface area contributed by atoms with Crippen LogP contribution >= 0.6 is 0 Å². The van der Waals surface area contributed by atoms with E-state index >= 15 is 0 Å². The minimum absolute atomic E-state index is 0.0117. The van der Waals surface area contributed by atoms with E-state index in [2.05, 4.69) is 15.0 Å². The molecular weight excluding hydrogens is 498 g/mol. The van der Waals surface area contributed by atoms with E-state index in [-0.39, 0.29) is 17.5 Å². The summed E-state index contributed by atoms with van der Waals surface area (Å²) >= 11 is 0. The maximum absolute atomic E-state index is 13.1. The van der Waals surface area contributed by atoms with Gasteiger partial charge in [0.1, 0.15) is 35.4 Å². The van der Waals surface area contributed by atoms with Gasteiger partial charge >= 0.3 is 5.63 Å². The van der Waals surface area contributed by atoms with E-state index in [9.17, 15) is 14.7 Å². The third kappa shape index (κ3) is 4.08. The van der Waals surface area contributed by atoms with Crippen molar-refractivity contribution in [1.82, 2.24) is 29.6 Å². The maximum Gasteiger partial charge on any atom is 0.343 e. The number of hydrogen-bond acceptors (Lipinski definition) is 9. The smallest absolute Gasteiger partial charge is 0.343 e. The fourth-order valence-electron chi connectivity index (χ4n) is 5.16. The Balaban J connectivity index is 1.59. The van der Waals surface area contributed by atoms with Crippen LogP contribution in [0.5, 0.6) is 5.75 Å². The third-order valence-electron chi connectivity index (χ3n) is 7.10. The van der Waals surface area contributed by atoms with E-state index in [1.165, 1.54) is 18.6 Å². The Labute approximate surface area is 222 Å². The van der Waals surface area contributed by atoms with Crippen molar-refractivity contribution < 1.29 is 14.3 Å². The lowest BCUT2D eigenvalue weighted by molar-refractivity contribution is -0.128. The molecule has 1 amide bonds. The van der Waals surface area contributed by atoms with E-state index < -0.39 is 11.7 Å². The van der Waals surface area contributed by atoms with Gasteiger partial charge in [0.15, 0.2) is 5.65 Å². The predicted molar refractivity (Wildman–Crippen MR) is 146 cm³/mol. The normalized spacial score (nSPS) is 14.5. The van der Waals surface area contributed by atoms with Gasteiger partial charge in [-0.15, -0.1) is 0 Å². The first-order valence-electron chi connectivity index (χ1n) is 12.5. The molecule has 5 heterocycles. The van der Waals surface area contributed by atoms with Gasteiger partial charge in [0.2, 0.25) is 5.91 Å². The summed E-state index contributed by atoms with van der Waals surface area (Å²) in [6.07, 6.45) is 6.86. The number of benzene rings is 1. The van der Waals surface area contributed by atoms with Gasteiger partial charge < -0.3 is 20.2 Å². The lowest BCUT2D eigenvalue weighted by Gasteiger charge is -2.27. The largest absolute Gasteiger partial charge is 0.506 e. The van der Waals surface area contributed by atoms with Crippen molar-refractivity contribution in [2.75, 3.05) is 18.8 Å². The number of aromatic nitrogens is 5. The number of nitrogen functional groups attached to an aromatic ring is 1. The van der Waals surface area contributed by atoms with E-state index in [1.807, 2.05) is 25.1 Å². The maximum atomic E-state index is 13.1. The van der Waals surface area contributed by atoms with Crippen LogP contribution in [0.25, 0.3) is 38.6 Å². The molecule has 0 bridgehead atoms. The number of aromatic hydroxyl groups is 1. The summed E-state index contributed by atoms with van der Waals surface area (Å²) in [7, 11) is 0. The summed E-state index contributed by atoms with van der Waals surface area (Å²) in [4.78, 5) is 39.5. The minimum atomic E-state index is -0.583.